The van der Waals surface area contributed by atoms with Gasteiger partial charge in [-0.2, -0.15) is 0 Å². The molecule has 1 heterocycles. The van der Waals surface area contributed by atoms with Gasteiger partial charge in [0.2, 0.25) is 5.88 Å². The number of nitrogens with one attached hydrogen (secondary N) is 1. The molecule has 2 aromatic rings. The third kappa shape index (κ3) is 3.79. The highest BCUT2D eigenvalue weighted by molar-refractivity contribution is 6.34. The minimum Gasteiger partial charge on any atom is -0.490 e. The number of methoxy groups -OCH3 is 1. The van der Waals surface area contributed by atoms with Gasteiger partial charge in [0.25, 0.3) is 5.91 Å². The van der Waals surface area contributed by atoms with Gasteiger partial charge in [-0.15, -0.1) is 0 Å². The molecule has 126 valence electrons. The van der Waals surface area contributed by atoms with Crippen LogP contribution in [0, 0.1) is 0 Å². The molecule has 0 radical (unpaired) electrons. The number of hydrogen-bond acceptors (Lipinski definition) is 4. The molecular formula is C18H19ClN2O3. The Kier molecular flexibility index (Phi) is 5.20. The third-order valence-electron chi connectivity index (χ3n) is 4.01. The lowest BCUT2D eigenvalue weighted by Gasteiger charge is -2.27. The molecule has 1 aromatic carbocycles. The van der Waals surface area contributed by atoms with Crippen molar-refractivity contribution in [1.82, 2.24) is 10.3 Å². The molecule has 1 aliphatic rings. The first kappa shape index (κ1) is 16.6. The van der Waals surface area contributed by atoms with Crippen LogP contribution in [0.5, 0.6) is 11.6 Å². The zero-order valence-corrected chi connectivity index (χ0v) is 14.2. The summed E-state index contributed by atoms with van der Waals surface area (Å²) in [5.74, 6) is 0.815. The number of ether oxygens (including phenoxy) is 2. The zero-order valence-electron chi connectivity index (χ0n) is 13.4. The molecule has 0 atom stereocenters. The van der Waals surface area contributed by atoms with Crippen LogP contribution in [0.15, 0.2) is 36.5 Å². The quantitative estimate of drug-likeness (QED) is 0.868. The van der Waals surface area contributed by atoms with Crippen LogP contribution in [0.1, 0.15) is 35.2 Å². The highest BCUT2D eigenvalue weighted by Gasteiger charge is 2.23. The van der Waals surface area contributed by atoms with Crippen LogP contribution in [-0.2, 0) is 6.54 Å². The Morgan fingerprint density at radius 3 is 2.79 bits per heavy atom. The molecule has 1 fully saturated rings. The van der Waals surface area contributed by atoms with Gasteiger partial charge >= 0.3 is 0 Å². The number of halogens is 1. The molecule has 0 aliphatic heterocycles. The van der Waals surface area contributed by atoms with Crippen LogP contribution >= 0.6 is 11.6 Å². The van der Waals surface area contributed by atoms with E-state index in [9.17, 15) is 4.79 Å². The molecule has 1 saturated carbocycles. The van der Waals surface area contributed by atoms with E-state index >= 15 is 0 Å². The van der Waals surface area contributed by atoms with E-state index in [-0.39, 0.29) is 12.0 Å². The number of aromatic nitrogens is 1. The summed E-state index contributed by atoms with van der Waals surface area (Å²) in [6.45, 7) is 0.351. The minimum absolute atomic E-state index is 0.181. The molecule has 1 aromatic heterocycles. The highest BCUT2D eigenvalue weighted by Crippen LogP contribution is 2.31. The molecule has 0 spiro atoms. The molecule has 0 unspecified atom stereocenters. The normalized spacial score (nSPS) is 13.9. The van der Waals surface area contributed by atoms with Crippen molar-refractivity contribution in [2.45, 2.75) is 31.9 Å². The number of amides is 1. The maximum absolute atomic E-state index is 12.5. The van der Waals surface area contributed by atoms with E-state index in [4.69, 9.17) is 21.1 Å². The average molecular weight is 347 g/mol. The summed E-state index contributed by atoms with van der Waals surface area (Å²) < 4.78 is 10.9. The molecule has 0 bridgehead atoms. The minimum atomic E-state index is -0.259. The van der Waals surface area contributed by atoms with Crippen LogP contribution in [0.2, 0.25) is 5.02 Å². The number of nitrogens with zero attached hydrogens (tertiary/aromatic N) is 1. The van der Waals surface area contributed by atoms with Crippen LogP contribution in [0.3, 0.4) is 0 Å². The molecule has 5 nitrogen and oxygen atoms in total. The van der Waals surface area contributed by atoms with Gasteiger partial charge in [-0.05, 0) is 37.0 Å². The van der Waals surface area contributed by atoms with Crippen LogP contribution in [0.25, 0.3) is 0 Å². The van der Waals surface area contributed by atoms with E-state index < -0.39 is 0 Å². The van der Waals surface area contributed by atoms with Crippen molar-refractivity contribution in [3.05, 3.63) is 52.7 Å². The Balaban J connectivity index is 1.69. The van der Waals surface area contributed by atoms with E-state index in [0.717, 1.165) is 24.8 Å². The number of benzene rings is 1. The van der Waals surface area contributed by atoms with Crippen molar-refractivity contribution in [3.63, 3.8) is 0 Å². The van der Waals surface area contributed by atoms with E-state index in [1.165, 1.54) is 0 Å². The molecule has 3 rings (SSSR count). The first-order chi connectivity index (χ1) is 11.7. The van der Waals surface area contributed by atoms with Crippen molar-refractivity contribution in [2.75, 3.05) is 7.11 Å². The van der Waals surface area contributed by atoms with Crippen molar-refractivity contribution >= 4 is 17.5 Å². The van der Waals surface area contributed by atoms with E-state index in [1.54, 1.807) is 37.6 Å². The number of rotatable bonds is 6. The monoisotopic (exact) mass is 346 g/mol. The fraction of sp³-hybridized carbons (Fsp3) is 0.333. The summed E-state index contributed by atoms with van der Waals surface area (Å²) in [5.41, 5.74) is 1.25. The van der Waals surface area contributed by atoms with Crippen LogP contribution in [-0.4, -0.2) is 24.1 Å². The Morgan fingerprint density at radius 1 is 1.33 bits per heavy atom. The molecule has 0 saturated heterocycles. The van der Waals surface area contributed by atoms with Gasteiger partial charge in [0, 0.05) is 18.8 Å². The van der Waals surface area contributed by atoms with Gasteiger partial charge in [0.15, 0.2) is 0 Å². The lowest BCUT2D eigenvalue weighted by atomic mass is 9.96. The van der Waals surface area contributed by atoms with Crippen molar-refractivity contribution in [1.29, 1.82) is 0 Å². The standard InChI is InChI=1S/C18H19ClN2O3/c1-23-16-9-8-12(10-20-16)11-21-18(22)17-14(19)6-3-7-15(17)24-13-4-2-5-13/h3,6-10,13H,2,4-5,11H2,1H3,(H,21,22). The fourth-order valence-corrected chi connectivity index (χ4v) is 2.65. The summed E-state index contributed by atoms with van der Waals surface area (Å²) in [7, 11) is 1.56. The maximum atomic E-state index is 12.5. The van der Waals surface area contributed by atoms with Crippen molar-refractivity contribution in [2.24, 2.45) is 0 Å². The lowest BCUT2D eigenvalue weighted by Crippen LogP contribution is -2.28. The lowest BCUT2D eigenvalue weighted by molar-refractivity contribution is 0.0925. The maximum Gasteiger partial charge on any atom is 0.256 e. The van der Waals surface area contributed by atoms with Gasteiger partial charge in [-0.3, -0.25) is 4.79 Å². The van der Waals surface area contributed by atoms with Gasteiger partial charge in [-0.25, -0.2) is 4.98 Å². The summed E-state index contributed by atoms with van der Waals surface area (Å²) in [6, 6.07) is 8.88. The summed E-state index contributed by atoms with van der Waals surface area (Å²) >= 11 is 6.22. The Bertz CT molecular complexity index is 715. The molecule has 1 aliphatic carbocycles. The molecule has 1 amide bonds. The SMILES string of the molecule is COc1ccc(CNC(=O)c2c(Cl)cccc2OC2CCC2)cn1. The first-order valence-corrected chi connectivity index (χ1v) is 8.27. The van der Waals surface area contributed by atoms with Gasteiger partial charge < -0.3 is 14.8 Å². The van der Waals surface area contributed by atoms with Gasteiger partial charge in [0.1, 0.15) is 5.75 Å². The second kappa shape index (κ2) is 7.53. The van der Waals surface area contributed by atoms with Crippen molar-refractivity contribution in [3.8, 4) is 11.6 Å². The Hall–Kier alpha value is -2.27. The third-order valence-corrected chi connectivity index (χ3v) is 4.32. The van der Waals surface area contributed by atoms with Crippen LogP contribution < -0.4 is 14.8 Å². The molecule has 6 heteroatoms. The largest absolute Gasteiger partial charge is 0.490 e. The summed E-state index contributed by atoms with van der Waals surface area (Å²) in [4.78, 5) is 16.7. The van der Waals surface area contributed by atoms with Gasteiger partial charge in [-0.1, -0.05) is 23.7 Å². The predicted octanol–water partition coefficient (Wildman–Crippen LogP) is 3.60. The summed E-state index contributed by atoms with van der Waals surface area (Å²) in [5, 5.41) is 3.25. The van der Waals surface area contributed by atoms with E-state index in [2.05, 4.69) is 10.3 Å². The number of hydrogen-bond donors (Lipinski definition) is 1. The number of carbonyl (C=O) groups is 1. The van der Waals surface area contributed by atoms with E-state index in [1.807, 2.05) is 6.07 Å². The van der Waals surface area contributed by atoms with Gasteiger partial charge in [0.05, 0.1) is 23.8 Å². The zero-order chi connectivity index (χ0) is 16.9. The number of pyridine rings is 1. The van der Waals surface area contributed by atoms with E-state index in [0.29, 0.717) is 28.8 Å². The van der Waals surface area contributed by atoms with Crippen LogP contribution in [0.4, 0.5) is 0 Å². The topological polar surface area (TPSA) is 60.5 Å². The highest BCUT2D eigenvalue weighted by atomic mass is 35.5. The molecule has 1 N–H and O–H groups in total. The second-order valence-electron chi connectivity index (χ2n) is 5.68. The summed E-state index contributed by atoms with van der Waals surface area (Å²) in [6.07, 6.45) is 5.05. The number of carbonyl (C=O) groups excluding carboxylic acids is 1. The Labute approximate surface area is 145 Å². The Morgan fingerprint density at radius 2 is 2.17 bits per heavy atom. The first-order valence-electron chi connectivity index (χ1n) is 7.89. The molecular weight excluding hydrogens is 328 g/mol. The molecule has 24 heavy (non-hydrogen) atoms. The predicted molar refractivity (Wildman–Crippen MR) is 91.7 cm³/mol. The second-order valence-corrected chi connectivity index (χ2v) is 6.08. The average Bonchev–Trinajstić information content (AvgIpc) is 2.56. The smallest absolute Gasteiger partial charge is 0.256 e. The van der Waals surface area contributed by atoms with Crippen molar-refractivity contribution < 1.29 is 14.3 Å². The fourth-order valence-electron chi connectivity index (χ4n) is 2.40.